The Balaban J connectivity index is 2.28. The van der Waals surface area contributed by atoms with Gasteiger partial charge in [0.1, 0.15) is 11.6 Å². The fourth-order valence-electron chi connectivity index (χ4n) is 2.07. The predicted molar refractivity (Wildman–Crippen MR) is 78.4 cm³/mol. The van der Waals surface area contributed by atoms with Crippen molar-refractivity contribution < 1.29 is 8.78 Å². The molecule has 2 rings (SSSR count). The summed E-state index contributed by atoms with van der Waals surface area (Å²) in [5.41, 5.74) is 1.29. The quantitative estimate of drug-likeness (QED) is 0.889. The highest BCUT2D eigenvalue weighted by atomic mass is 79.9. The van der Waals surface area contributed by atoms with E-state index in [9.17, 15) is 8.78 Å². The van der Waals surface area contributed by atoms with E-state index < -0.39 is 0 Å². The molecule has 1 atom stereocenters. The van der Waals surface area contributed by atoms with E-state index in [-0.39, 0.29) is 17.7 Å². The molecule has 1 N–H and O–H groups in total. The highest BCUT2D eigenvalue weighted by Crippen LogP contribution is 2.25. The van der Waals surface area contributed by atoms with Crippen molar-refractivity contribution in [2.75, 3.05) is 6.54 Å². The van der Waals surface area contributed by atoms with Crippen LogP contribution in [-0.4, -0.2) is 11.5 Å². The number of nitrogens with one attached hydrogen (secondary N) is 1. The van der Waals surface area contributed by atoms with E-state index >= 15 is 0 Å². The fraction of sp³-hybridized carbons (Fsp3) is 0.267. The Kier molecular flexibility index (Phi) is 5.20. The molecule has 0 saturated heterocycles. The molecule has 0 aliphatic rings. The number of hydrogen-bond acceptors (Lipinski definition) is 2. The Labute approximate surface area is 125 Å². The standard InChI is InChI=1S/C15H15BrF2N2/c1-2-19-14(15-13(18)4-3-7-20-15)8-10-5-6-11(17)9-12(10)16/h3-7,9,14,19H,2,8H2,1H3. The zero-order valence-corrected chi connectivity index (χ0v) is 12.6. The summed E-state index contributed by atoms with van der Waals surface area (Å²) in [6, 6.07) is 7.22. The lowest BCUT2D eigenvalue weighted by Crippen LogP contribution is -2.25. The summed E-state index contributed by atoms with van der Waals surface area (Å²) >= 11 is 3.34. The third-order valence-corrected chi connectivity index (χ3v) is 3.74. The molecule has 106 valence electrons. The van der Waals surface area contributed by atoms with Gasteiger partial charge in [0.15, 0.2) is 0 Å². The Hall–Kier alpha value is -1.33. The number of hydrogen-bond donors (Lipinski definition) is 1. The highest BCUT2D eigenvalue weighted by Gasteiger charge is 2.18. The van der Waals surface area contributed by atoms with Crippen LogP contribution in [0.2, 0.25) is 0 Å². The van der Waals surface area contributed by atoms with Gasteiger partial charge in [0, 0.05) is 10.7 Å². The molecule has 2 nitrogen and oxygen atoms in total. The van der Waals surface area contributed by atoms with Crippen molar-refractivity contribution in [2.45, 2.75) is 19.4 Å². The average molecular weight is 341 g/mol. The van der Waals surface area contributed by atoms with Gasteiger partial charge in [-0.1, -0.05) is 28.9 Å². The second-order valence-corrected chi connectivity index (χ2v) is 5.27. The van der Waals surface area contributed by atoms with Crippen molar-refractivity contribution in [3.63, 3.8) is 0 Å². The van der Waals surface area contributed by atoms with Crippen LogP contribution < -0.4 is 5.32 Å². The molecule has 0 spiro atoms. The predicted octanol–water partition coefficient (Wildman–Crippen LogP) is 4.02. The lowest BCUT2D eigenvalue weighted by molar-refractivity contribution is 0.493. The minimum atomic E-state index is -0.336. The van der Waals surface area contributed by atoms with E-state index in [0.717, 1.165) is 5.56 Å². The molecule has 20 heavy (non-hydrogen) atoms. The van der Waals surface area contributed by atoms with Crippen molar-refractivity contribution in [1.29, 1.82) is 0 Å². The van der Waals surface area contributed by atoms with Crippen molar-refractivity contribution >= 4 is 15.9 Å². The molecular weight excluding hydrogens is 326 g/mol. The Morgan fingerprint density at radius 3 is 2.75 bits per heavy atom. The normalized spacial score (nSPS) is 12.4. The monoisotopic (exact) mass is 340 g/mol. The topological polar surface area (TPSA) is 24.9 Å². The van der Waals surface area contributed by atoms with Crippen molar-refractivity contribution in [1.82, 2.24) is 10.3 Å². The van der Waals surface area contributed by atoms with E-state index in [4.69, 9.17) is 0 Å². The van der Waals surface area contributed by atoms with Gasteiger partial charge in [0.05, 0.1) is 11.7 Å². The minimum Gasteiger partial charge on any atom is -0.309 e. The summed E-state index contributed by atoms with van der Waals surface area (Å²) in [5, 5.41) is 3.21. The summed E-state index contributed by atoms with van der Waals surface area (Å²) in [4.78, 5) is 4.11. The van der Waals surface area contributed by atoms with Crippen LogP contribution in [0, 0.1) is 11.6 Å². The molecule has 0 saturated carbocycles. The van der Waals surface area contributed by atoms with E-state index in [0.29, 0.717) is 23.1 Å². The SMILES string of the molecule is CCNC(Cc1ccc(F)cc1Br)c1ncccc1F. The van der Waals surface area contributed by atoms with Gasteiger partial charge in [-0.05, 0) is 42.8 Å². The second kappa shape index (κ2) is 6.90. The van der Waals surface area contributed by atoms with Crippen LogP contribution in [0.5, 0.6) is 0 Å². The summed E-state index contributed by atoms with van der Waals surface area (Å²) in [5.74, 6) is -0.638. The first-order valence-corrected chi connectivity index (χ1v) is 7.18. The third kappa shape index (κ3) is 3.61. The first-order chi connectivity index (χ1) is 9.61. The second-order valence-electron chi connectivity index (χ2n) is 4.42. The molecule has 0 fully saturated rings. The number of nitrogens with zero attached hydrogens (tertiary/aromatic N) is 1. The van der Waals surface area contributed by atoms with Crippen LogP contribution in [0.3, 0.4) is 0 Å². The van der Waals surface area contributed by atoms with E-state index in [1.807, 2.05) is 6.92 Å². The summed E-state index contributed by atoms with van der Waals surface area (Å²) < 4.78 is 27.6. The maximum Gasteiger partial charge on any atom is 0.146 e. The van der Waals surface area contributed by atoms with Crippen LogP contribution in [0.25, 0.3) is 0 Å². The molecule has 1 aromatic carbocycles. The molecule has 0 aliphatic carbocycles. The van der Waals surface area contributed by atoms with Crippen molar-refractivity contribution in [2.24, 2.45) is 0 Å². The highest BCUT2D eigenvalue weighted by molar-refractivity contribution is 9.10. The van der Waals surface area contributed by atoms with Gasteiger partial charge >= 0.3 is 0 Å². The van der Waals surface area contributed by atoms with Crippen molar-refractivity contribution in [3.8, 4) is 0 Å². The van der Waals surface area contributed by atoms with Gasteiger partial charge in [-0.15, -0.1) is 0 Å². The zero-order chi connectivity index (χ0) is 14.5. The molecule has 1 aromatic heterocycles. The zero-order valence-electron chi connectivity index (χ0n) is 11.0. The van der Waals surface area contributed by atoms with Crippen LogP contribution in [0.4, 0.5) is 8.78 Å². The Morgan fingerprint density at radius 1 is 1.30 bits per heavy atom. The summed E-state index contributed by atoms with van der Waals surface area (Å²) in [6.07, 6.45) is 2.10. The van der Waals surface area contributed by atoms with Gasteiger partial charge < -0.3 is 5.32 Å². The minimum absolute atomic E-state index is 0.247. The first-order valence-electron chi connectivity index (χ1n) is 6.39. The van der Waals surface area contributed by atoms with E-state index in [1.165, 1.54) is 18.2 Å². The first kappa shape index (κ1) is 15.1. The lowest BCUT2D eigenvalue weighted by atomic mass is 10.0. The number of halogens is 3. The molecule has 5 heteroatoms. The molecule has 2 aromatic rings. The number of benzene rings is 1. The van der Waals surface area contributed by atoms with Gasteiger partial charge in [0.2, 0.25) is 0 Å². The summed E-state index contributed by atoms with van der Waals surface area (Å²) in [6.45, 7) is 2.65. The van der Waals surface area contributed by atoms with Crippen LogP contribution >= 0.6 is 15.9 Å². The van der Waals surface area contributed by atoms with Crippen LogP contribution in [0.1, 0.15) is 24.2 Å². The molecule has 0 radical (unpaired) electrons. The molecule has 1 heterocycles. The van der Waals surface area contributed by atoms with Gasteiger partial charge in [-0.3, -0.25) is 4.98 Å². The van der Waals surface area contributed by atoms with Crippen LogP contribution in [0.15, 0.2) is 41.0 Å². The Morgan fingerprint density at radius 2 is 2.10 bits per heavy atom. The van der Waals surface area contributed by atoms with E-state index in [2.05, 4.69) is 26.2 Å². The molecule has 0 bridgehead atoms. The third-order valence-electron chi connectivity index (χ3n) is 3.01. The van der Waals surface area contributed by atoms with Crippen molar-refractivity contribution in [3.05, 3.63) is 63.9 Å². The molecule has 0 aliphatic heterocycles. The molecular formula is C15H15BrF2N2. The molecule has 1 unspecified atom stereocenters. The smallest absolute Gasteiger partial charge is 0.146 e. The lowest BCUT2D eigenvalue weighted by Gasteiger charge is -2.18. The molecule has 0 amide bonds. The van der Waals surface area contributed by atoms with Crippen LogP contribution in [-0.2, 0) is 6.42 Å². The fourth-order valence-corrected chi connectivity index (χ4v) is 2.59. The number of aromatic nitrogens is 1. The van der Waals surface area contributed by atoms with Gasteiger partial charge in [-0.25, -0.2) is 8.78 Å². The Bertz CT molecular complexity index is 590. The average Bonchev–Trinajstić information content (AvgIpc) is 2.42. The van der Waals surface area contributed by atoms with Gasteiger partial charge in [-0.2, -0.15) is 0 Å². The van der Waals surface area contributed by atoms with E-state index in [1.54, 1.807) is 18.3 Å². The number of pyridine rings is 1. The van der Waals surface area contributed by atoms with Gasteiger partial charge in [0.25, 0.3) is 0 Å². The number of rotatable bonds is 5. The summed E-state index contributed by atoms with van der Waals surface area (Å²) in [7, 11) is 0. The number of likely N-dealkylation sites (N-methyl/N-ethyl adjacent to an activating group) is 1. The maximum atomic E-state index is 13.9. The maximum absolute atomic E-state index is 13.9. The largest absolute Gasteiger partial charge is 0.309 e.